The minimum atomic E-state index is -0.393. The molecule has 15 heavy (non-hydrogen) atoms. The molecule has 2 aromatic heterocycles. The quantitative estimate of drug-likeness (QED) is 0.850. The van der Waals surface area contributed by atoms with Crippen molar-refractivity contribution < 1.29 is 4.39 Å². The van der Waals surface area contributed by atoms with Gasteiger partial charge in [-0.2, -0.15) is 0 Å². The number of rotatable bonds is 2. The molecular weight excluding hydrogens is 213 g/mol. The van der Waals surface area contributed by atoms with Crippen LogP contribution in [0, 0.1) is 12.7 Å². The largest absolute Gasteiger partial charge is 0.357 e. The number of thiophene rings is 1. The summed E-state index contributed by atoms with van der Waals surface area (Å²) in [7, 11) is 1.71. The van der Waals surface area contributed by atoms with Gasteiger partial charge in [0.2, 0.25) is 5.95 Å². The van der Waals surface area contributed by atoms with Crippen molar-refractivity contribution in [2.75, 3.05) is 12.4 Å². The summed E-state index contributed by atoms with van der Waals surface area (Å²) in [6.07, 6.45) is 1.19. The monoisotopic (exact) mass is 223 g/mol. The van der Waals surface area contributed by atoms with Gasteiger partial charge >= 0.3 is 0 Å². The van der Waals surface area contributed by atoms with Crippen LogP contribution in [0.1, 0.15) is 4.88 Å². The van der Waals surface area contributed by atoms with E-state index in [2.05, 4.69) is 15.3 Å². The number of nitrogens with one attached hydrogen (secondary N) is 1. The van der Waals surface area contributed by atoms with E-state index in [0.717, 1.165) is 10.4 Å². The van der Waals surface area contributed by atoms with E-state index in [1.807, 2.05) is 18.4 Å². The standard InChI is InChI=1S/C10H10FN3S/c1-6-7(3-4-15-6)9-8(11)5-13-10(12-2)14-9/h3-5H,1-2H3,(H,12,13,14). The predicted molar refractivity (Wildman–Crippen MR) is 59.6 cm³/mol. The van der Waals surface area contributed by atoms with Crippen LogP contribution in [0.25, 0.3) is 11.3 Å². The van der Waals surface area contributed by atoms with Crippen LogP contribution >= 0.6 is 11.3 Å². The van der Waals surface area contributed by atoms with Crippen molar-refractivity contribution in [1.29, 1.82) is 0 Å². The third-order valence-corrected chi connectivity index (χ3v) is 2.93. The lowest BCUT2D eigenvalue weighted by Gasteiger charge is -2.03. The number of aryl methyl sites for hydroxylation is 1. The van der Waals surface area contributed by atoms with Crippen LogP contribution in [-0.2, 0) is 0 Å². The summed E-state index contributed by atoms with van der Waals surface area (Å²) in [4.78, 5) is 8.96. The van der Waals surface area contributed by atoms with E-state index in [9.17, 15) is 4.39 Å². The van der Waals surface area contributed by atoms with E-state index in [0.29, 0.717) is 11.6 Å². The van der Waals surface area contributed by atoms with E-state index < -0.39 is 5.82 Å². The Balaban J connectivity index is 2.56. The zero-order valence-electron chi connectivity index (χ0n) is 8.41. The lowest BCUT2D eigenvalue weighted by Crippen LogP contribution is -1.99. The highest BCUT2D eigenvalue weighted by Gasteiger charge is 2.11. The highest BCUT2D eigenvalue weighted by molar-refractivity contribution is 7.10. The molecule has 0 aliphatic rings. The Bertz CT molecular complexity index is 481. The maximum absolute atomic E-state index is 13.5. The van der Waals surface area contributed by atoms with Crippen LogP contribution in [0.2, 0.25) is 0 Å². The Morgan fingerprint density at radius 1 is 1.47 bits per heavy atom. The molecule has 0 radical (unpaired) electrons. The molecule has 0 saturated carbocycles. The van der Waals surface area contributed by atoms with E-state index in [1.165, 1.54) is 6.20 Å². The molecule has 0 spiro atoms. The second-order valence-corrected chi connectivity index (χ2v) is 4.15. The average molecular weight is 223 g/mol. The van der Waals surface area contributed by atoms with E-state index in [4.69, 9.17) is 0 Å². The molecule has 0 unspecified atom stereocenters. The molecule has 0 fully saturated rings. The summed E-state index contributed by atoms with van der Waals surface area (Å²) >= 11 is 1.57. The molecule has 0 aromatic carbocycles. The summed E-state index contributed by atoms with van der Waals surface area (Å²) in [5.41, 5.74) is 1.18. The molecule has 0 bridgehead atoms. The number of nitrogens with zero attached hydrogens (tertiary/aromatic N) is 2. The van der Waals surface area contributed by atoms with Gasteiger partial charge in [0.05, 0.1) is 6.20 Å². The number of hydrogen-bond donors (Lipinski definition) is 1. The zero-order chi connectivity index (χ0) is 10.8. The molecular formula is C10H10FN3S. The molecule has 0 aliphatic heterocycles. The molecule has 0 aliphatic carbocycles. The third-order valence-electron chi connectivity index (χ3n) is 2.08. The van der Waals surface area contributed by atoms with Crippen LogP contribution < -0.4 is 5.32 Å². The second kappa shape index (κ2) is 3.94. The second-order valence-electron chi connectivity index (χ2n) is 3.03. The summed E-state index contributed by atoms with van der Waals surface area (Å²) in [5.74, 6) is 0.0347. The molecule has 2 aromatic rings. The van der Waals surface area contributed by atoms with Crippen molar-refractivity contribution in [2.45, 2.75) is 6.92 Å². The number of hydrogen-bond acceptors (Lipinski definition) is 4. The van der Waals surface area contributed by atoms with Gasteiger partial charge in [-0.1, -0.05) is 0 Å². The molecule has 0 atom stereocenters. The highest BCUT2D eigenvalue weighted by atomic mass is 32.1. The summed E-state index contributed by atoms with van der Waals surface area (Å²) in [6.45, 7) is 1.95. The molecule has 5 heteroatoms. The van der Waals surface area contributed by atoms with Gasteiger partial charge < -0.3 is 5.32 Å². The molecule has 2 rings (SSSR count). The van der Waals surface area contributed by atoms with Gasteiger partial charge in [-0.15, -0.1) is 11.3 Å². The average Bonchev–Trinajstić information content (AvgIpc) is 2.65. The molecule has 78 valence electrons. The van der Waals surface area contributed by atoms with Crippen molar-refractivity contribution >= 4 is 17.3 Å². The SMILES string of the molecule is CNc1ncc(F)c(-c2ccsc2C)n1. The topological polar surface area (TPSA) is 37.8 Å². The van der Waals surface area contributed by atoms with Crippen LogP contribution in [0.5, 0.6) is 0 Å². The molecule has 1 N–H and O–H groups in total. The van der Waals surface area contributed by atoms with Crippen molar-refractivity contribution in [3.05, 3.63) is 28.3 Å². The fourth-order valence-electron chi connectivity index (χ4n) is 1.31. The predicted octanol–water partition coefficient (Wildman–Crippen LogP) is 2.69. The minimum Gasteiger partial charge on any atom is -0.357 e. The first-order chi connectivity index (χ1) is 7.22. The normalized spacial score (nSPS) is 10.3. The van der Waals surface area contributed by atoms with Crippen molar-refractivity contribution in [3.8, 4) is 11.3 Å². The van der Waals surface area contributed by atoms with E-state index >= 15 is 0 Å². The molecule has 2 heterocycles. The fraction of sp³-hybridized carbons (Fsp3) is 0.200. The van der Waals surface area contributed by atoms with Crippen molar-refractivity contribution in [1.82, 2.24) is 9.97 Å². The highest BCUT2D eigenvalue weighted by Crippen LogP contribution is 2.28. The first kappa shape index (κ1) is 10.0. The fourth-order valence-corrected chi connectivity index (χ4v) is 2.01. The van der Waals surface area contributed by atoms with Gasteiger partial charge in [-0.25, -0.2) is 14.4 Å². The summed E-state index contributed by atoms with van der Waals surface area (Å²) in [6, 6.07) is 1.87. The minimum absolute atomic E-state index is 0.355. The summed E-state index contributed by atoms with van der Waals surface area (Å²) in [5, 5.41) is 4.71. The van der Waals surface area contributed by atoms with Gasteiger partial charge in [-0.3, -0.25) is 0 Å². The Kier molecular flexibility index (Phi) is 2.64. The van der Waals surface area contributed by atoms with Crippen molar-refractivity contribution in [3.63, 3.8) is 0 Å². The third kappa shape index (κ3) is 1.83. The lowest BCUT2D eigenvalue weighted by molar-refractivity contribution is 0.618. The van der Waals surface area contributed by atoms with Crippen LogP contribution in [-0.4, -0.2) is 17.0 Å². The Labute approximate surface area is 91.0 Å². The zero-order valence-corrected chi connectivity index (χ0v) is 9.23. The van der Waals surface area contributed by atoms with E-state index in [1.54, 1.807) is 18.4 Å². The lowest BCUT2D eigenvalue weighted by atomic mass is 10.2. The molecule has 3 nitrogen and oxygen atoms in total. The van der Waals surface area contributed by atoms with Crippen LogP contribution in [0.3, 0.4) is 0 Å². The van der Waals surface area contributed by atoms with Gasteiger partial charge in [0.15, 0.2) is 5.82 Å². The maximum atomic E-state index is 13.5. The van der Waals surface area contributed by atoms with Crippen molar-refractivity contribution in [2.24, 2.45) is 0 Å². The van der Waals surface area contributed by atoms with Crippen LogP contribution in [0.15, 0.2) is 17.6 Å². The van der Waals surface area contributed by atoms with Gasteiger partial charge in [0, 0.05) is 17.5 Å². The van der Waals surface area contributed by atoms with E-state index in [-0.39, 0.29) is 0 Å². The molecule has 0 amide bonds. The maximum Gasteiger partial charge on any atom is 0.223 e. The number of anilines is 1. The summed E-state index contributed by atoms with van der Waals surface area (Å²) < 4.78 is 13.5. The Morgan fingerprint density at radius 2 is 2.27 bits per heavy atom. The Morgan fingerprint density at radius 3 is 2.87 bits per heavy atom. The van der Waals surface area contributed by atoms with Gasteiger partial charge in [0.1, 0.15) is 5.69 Å². The first-order valence-corrected chi connectivity index (χ1v) is 5.35. The number of halogens is 1. The smallest absolute Gasteiger partial charge is 0.223 e. The van der Waals surface area contributed by atoms with Gasteiger partial charge in [0.25, 0.3) is 0 Å². The Hall–Kier alpha value is -1.49. The van der Waals surface area contributed by atoms with Crippen LogP contribution in [0.4, 0.5) is 10.3 Å². The first-order valence-electron chi connectivity index (χ1n) is 4.47. The van der Waals surface area contributed by atoms with Gasteiger partial charge in [-0.05, 0) is 18.4 Å². The number of aromatic nitrogens is 2. The molecule has 0 saturated heterocycles.